The van der Waals surface area contributed by atoms with Crippen molar-refractivity contribution in [3.05, 3.63) is 20.8 Å². The summed E-state index contributed by atoms with van der Waals surface area (Å²) in [5, 5.41) is 4.12. The van der Waals surface area contributed by atoms with Crippen LogP contribution in [0.4, 0.5) is 0 Å². The lowest BCUT2D eigenvalue weighted by atomic mass is 10.2. The first-order valence-corrected chi connectivity index (χ1v) is 10.8. The van der Waals surface area contributed by atoms with Gasteiger partial charge >= 0.3 is 0 Å². The van der Waals surface area contributed by atoms with E-state index in [1.165, 1.54) is 22.2 Å². The Hall–Kier alpha value is -1.38. The van der Waals surface area contributed by atoms with Gasteiger partial charge in [-0.1, -0.05) is 11.8 Å². The number of nitrogens with zero attached hydrogens (tertiary/aromatic N) is 2. The van der Waals surface area contributed by atoms with Crippen LogP contribution in [0.5, 0.6) is 0 Å². The number of thiophene rings is 1. The first-order chi connectivity index (χ1) is 12.6. The summed E-state index contributed by atoms with van der Waals surface area (Å²) in [6.07, 6.45) is 5.24. The third-order valence-electron chi connectivity index (χ3n) is 4.88. The van der Waals surface area contributed by atoms with E-state index in [0.717, 1.165) is 42.3 Å². The van der Waals surface area contributed by atoms with Crippen LogP contribution >= 0.6 is 23.1 Å². The number of aryl methyl sites for hydroxylation is 2. The van der Waals surface area contributed by atoms with E-state index < -0.39 is 0 Å². The molecule has 0 saturated heterocycles. The van der Waals surface area contributed by atoms with Gasteiger partial charge in [0.25, 0.3) is 5.56 Å². The van der Waals surface area contributed by atoms with Gasteiger partial charge in [-0.15, -0.1) is 11.3 Å². The van der Waals surface area contributed by atoms with Crippen LogP contribution in [-0.2, 0) is 28.9 Å². The number of aromatic nitrogens is 2. The summed E-state index contributed by atoms with van der Waals surface area (Å²) >= 11 is 2.99. The van der Waals surface area contributed by atoms with Gasteiger partial charge in [-0.05, 0) is 44.6 Å². The van der Waals surface area contributed by atoms with E-state index in [-0.39, 0.29) is 16.7 Å². The van der Waals surface area contributed by atoms with Crippen LogP contribution in [0.1, 0.15) is 36.6 Å². The second-order valence-electron chi connectivity index (χ2n) is 6.92. The summed E-state index contributed by atoms with van der Waals surface area (Å²) < 4.78 is 6.87. The summed E-state index contributed by atoms with van der Waals surface area (Å²) in [5.41, 5.74) is 1.19. The molecule has 1 atom stereocenters. The fraction of sp³-hybridized carbons (Fsp3) is 0.611. The van der Waals surface area contributed by atoms with Crippen LogP contribution in [0.15, 0.2) is 9.95 Å². The molecule has 0 aliphatic heterocycles. The molecule has 140 valence electrons. The molecular weight excluding hydrogens is 370 g/mol. The van der Waals surface area contributed by atoms with Crippen LogP contribution in [-0.4, -0.2) is 40.5 Å². The van der Waals surface area contributed by atoms with Crippen molar-refractivity contribution in [2.45, 2.75) is 62.0 Å². The smallest absolute Gasteiger partial charge is 0.263 e. The van der Waals surface area contributed by atoms with Crippen molar-refractivity contribution in [2.24, 2.45) is 0 Å². The molecule has 4 rings (SSSR count). The number of nitrogens with one attached hydrogen (secondary N) is 1. The summed E-state index contributed by atoms with van der Waals surface area (Å²) in [5.74, 6) is 0.0128. The number of carbonyl (C=O) groups excluding carboxylic acids is 1. The van der Waals surface area contributed by atoms with Gasteiger partial charge in [0.1, 0.15) is 4.83 Å². The second-order valence-corrected chi connectivity index (χ2v) is 9.32. The summed E-state index contributed by atoms with van der Waals surface area (Å²) in [7, 11) is 1.62. The molecule has 2 heterocycles. The molecule has 2 aromatic heterocycles. The van der Waals surface area contributed by atoms with E-state index in [4.69, 9.17) is 9.72 Å². The zero-order valence-electron chi connectivity index (χ0n) is 15.0. The van der Waals surface area contributed by atoms with E-state index in [2.05, 4.69) is 5.32 Å². The standard InChI is InChI=1S/C18H23N3O3S2/c1-10(15(22)19-11-6-7-11)25-18-20-16-14(12-4-3-5-13(12)26-16)17(23)21(18)8-9-24-2/h10-11H,3-9H2,1-2H3,(H,19,22)/t10-/m0/s1. The SMILES string of the molecule is COCCn1c(S[C@@H](C)C(=O)NC2CC2)nc2sc3c(c2c1=O)CCC3. The molecule has 2 aromatic rings. The zero-order valence-corrected chi connectivity index (χ0v) is 16.7. The van der Waals surface area contributed by atoms with Crippen LogP contribution in [0, 0.1) is 0 Å². The minimum atomic E-state index is -0.291. The molecule has 2 aliphatic rings. The lowest BCUT2D eigenvalue weighted by Crippen LogP contribution is -2.33. The first-order valence-electron chi connectivity index (χ1n) is 9.09. The fourth-order valence-electron chi connectivity index (χ4n) is 3.29. The number of thioether (sulfide) groups is 1. The molecule has 6 nitrogen and oxygen atoms in total. The maximum absolute atomic E-state index is 13.2. The number of carbonyl (C=O) groups is 1. The van der Waals surface area contributed by atoms with Gasteiger partial charge in [0, 0.05) is 18.0 Å². The highest BCUT2D eigenvalue weighted by Crippen LogP contribution is 2.36. The Bertz CT molecular complexity index is 901. The zero-order chi connectivity index (χ0) is 18.3. The molecular formula is C18H23N3O3S2. The lowest BCUT2D eigenvalue weighted by molar-refractivity contribution is -0.120. The van der Waals surface area contributed by atoms with Crippen LogP contribution in [0.3, 0.4) is 0 Å². The Morgan fingerprint density at radius 3 is 3.00 bits per heavy atom. The van der Waals surface area contributed by atoms with Crippen LogP contribution < -0.4 is 10.9 Å². The third-order valence-corrected chi connectivity index (χ3v) is 7.16. The molecule has 8 heteroatoms. The van der Waals surface area contributed by atoms with Crippen molar-refractivity contribution >= 4 is 39.2 Å². The number of methoxy groups -OCH3 is 1. The number of hydrogen-bond acceptors (Lipinski definition) is 6. The molecule has 1 fully saturated rings. The van der Waals surface area contributed by atoms with Crippen molar-refractivity contribution in [1.29, 1.82) is 0 Å². The lowest BCUT2D eigenvalue weighted by Gasteiger charge is -2.15. The van der Waals surface area contributed by atoms with E-state index in [9.17, 15) is 9.59 Å². The van der Waals surface area contributed by atoms with E-state index in [1.54, 1.807) is 23.0 Å². The van der Waals surface area contributed by atoms with E-state index in [0.29, 0.717) is 24.3 Å². The normalized spacial score (nSPS) is 17.5. The number of ether oxygens (including phenoxy) is 1. The molecule has 0 aromatic carbocycles. The Kier molecular flexibility index (Phi) is 5.07. The molecule has 0 radical (unpaired) electrons. The molecule has 0 spiro atoms. The highest BCUT2D eigenvalue weighted by Gasteiger charge is 2.28. The number of amides is 1. The van der Waals surface area contributed by atoms with Gasteiger partial charge in [0.15, 0.2) is 5.16 Å². The third kappa shape index (κ3) is 3.42. The maximum atomic E-state index is 13.2. The monoisotopic (exact) mass is 393 g/mol. The number of fused-ring (bicyclic) bond motifs is 3. The van der Waals surface area contributed by atoms with Gasteiger partial charge in [0.2, 0.25) is 5.91 Å². The van der Waals surface area contributed by atoms with Crippen molar-refractivity contribution in [3.8, 4) is 0 Å². The molecule has 0 bridgehead atoms. The quantitative estimate of drug-likeness (QED) is 0.577. The molecule has 2 aliphatic carbocycles. The largest absolute Gasteiger partial charge is 0.383 e. The van der Waals surface area contributed by atoms with E-state index in [1.807, 2.05) is 6.92 Å². The van der Waals surface area contributed by atoms with Crippen LogP contribution in [0.25, 0.3) is 10.2 Å². The van der Waals surface area contributed by atoms with Crippen molar-refractivity contribution in [2.75, 3.05) is 13.7 Å². The Morgan fingerprint density at radius 2 is 2.27 bits per heavy atom. The second kappa shape index (κ2) is 7.32. The highest BCUT2D eigenvalue weighted by molar-refractivity contribution is 8.00. The summed E-state index contributed by atoms with van der Waals surface area (Å²) in [4.78, 5) is 32.4. The Balaban J connectivity index is 1.69. The minimum Gasteiger partial charge on any atom is -0.383 e. The number of hydrogen-bond donors (Lipinski definition) is 1. The van der Waals surface area contributed by atoms with Gasteiger partial charge in [0.05, 0.1) is 23.8 Å². The summed E-state index contributed by atoms with van der Waals surface area (Å²) in [6.45, 7) is 2.76. The first kappa shape index (κ1) is 18.0. The van der Waals surface area contributed by atoms with Crippen LogP contribution in [0.2, 0.25) is 0 Å². The van der Waals surface area contributed by atoms with Gasteiger partial charge in [-0.3, -0.25) is 14.2 Å². The van der Waals surface area contributed by atoms with Crippen molar-refractivity contribution in [1.82, 2.24) is 14.9 Å². The van der Waals surface area contributed by atoms with Gasteiger partial charge in [-0.25, -0.2) is 4.98 Å². The van der Waals surface area contributed by atoms with E-state index >= 15 is 0 Å². The fourth-order valence-corrected chi connectivity index (χ4v) is 5.53. The van der Waals surface area contributed by atoms with Gasteiger partial charge in [-0.2, -0.15) is 0 Å². The average molecular weight is 394 g/mol. The predicted molar refractivity (Wildman–Crippen MR) is 104 cm³/mol. The molecule has 26 heavy (non-hydrogen) atoms. The molecule has 1 amide bonds. The molecule has 1 saturated carbocycles. The maximum Gasteiger partial charge on any atom is 0.263 e. The molecule has 1 N–H and O–H groups in total. The minimum absolute atomic E-state index is 0.00347. The Morgan fingerprint density at radius 1 is 1.46 bits per heavy atom. The number of rotatable bonds is 7. The molecule has 0 unspecified atom stereocenters. The van der Waals surface area contributed by atoms with Gasteiger partial charge < -0.3 is 10.1 Å². The summed E-state index contributed by atoms with van der Waals surface area (Å²) in [6, 6.07) is 0.331. The predicted octanol–water partition coefficient (Wildman–Crippen LogP) is 2.35. The topological polar surface area (TPSA) is 73.2 Å². The van der Waals surface area contributed by atoms with Crippen molar-refractivity contribution < 1.29 is 9.53 Å². The Labute approximate surface area is 160 Å². The van der Waals surface area contributed by atoms with Crippen molar-refractivity contribution in [3.63, 3.8) is 0 Å². The average Bonchev–Trinajstić information content (AvgIpc) is 3.18. The highest BCUT2D eigenvalue weighted by atomic mass is 32.2.